The van der Waals surface area contributed by atoms with Gasteiger partial charge in [-0.05, 0) is 329 Å². The van der Waals surface area contributed by atoms with E-state index in [0.717, 1.165) is 68.3 Å². The van der Waals surface area contributed by atoms with E-state index in [1.807, 2.05) is 133 Å². The number of cyclic esters (lactones) is 1. The summed E-state index contributed by atoms with van der Waals surface area (Å²) < 4.78 is 73.7. The Kier molecular flexibility index (Phi) is 49.6. The lowest BCUT2D eigenvalue weighted by Gasteiger charge is -2.54. The molecule has 5 aromatic heterocycles. The number of esters is 1. The molecule has 4 fully saturated rings. The molecule has 44 heteroatoms. The van der Waals surface area contributed by atoms with E-state index in [1.165, 1.54) is 52.5 Å². The maximum Gasteiger partial charge on any atom is 0.337 e. The topological polar surface area (TPSA) is 399 Å². The summed E-state index contributed by atoms with van der Waals surface area (Å²) in [6.45, 7) is 50.8. The number of benzene rings is 5. The Balaban J connectivity index is 0.000000222. The van der Waals surface area contributed by atoms with E-state index in [4.69, 9.17) is 108 Å². The van der Waals surface area contributed by atoms with Gasteiger partial charge in [0.25, 0.3) is 0 Å². The van der Waals surface area contributed by atoms with Gasteiger partial charge < -0.3 is 117 Å². The third-order valence-electron chi connectivity index (χ3n) is 23.8. The Morgan fingerprint density at radius 1 is 0.416 bits per heavy atom. The predicted octanol–water partition coefficient (Wildman–Crippen LogP) is 23.3. The molecule has 9 heterocycles. The first kappa shape index (κ1) is 131. The third kappa shape index (κ3) is 37.0. The first-order chi connectivity index (χ1) is 69.1. The highest BCUT2D eigenvalue weighted by molar-refractivity contribution is 9.10. The summed E-state index contributed by atoms with van der Waals surface area (Å²) in [5.74, 6) is -3.94. The maximum atomic E-state index is 12.6. The van der Waals surface area contributed by atoms with Gasteiger partial charge in [-0.25, -0.2) is 4.79 Å². The zero-order valence-corrected chi connectivity index (χ0v) is 106. The fraction of sp³-hybridized carbons (Fsp3) is 0.505. The van der Waals surface area contributed by atoms with Crippen LogP contribution in [0.2, 0.25) is 140 Å². The number of carbonyl (C=O) groups is 2. The number of hydrogen-bond acceptors (Lipinski definition) is 31. The molecule has 4 aliphatic rings. The van der Waals surface area contributed by atoms with Crippen molar-refractivity contribution >= 4 is 209 Å². The normalized spacial score (nSPS) is 25.6. The second-order valence-corrected chi connectivity index (χ2v) is 79.7. The van der Waals surface area contributed by atoms with Crippen molar-refractivity contribution in [3.8, 4) is 0 Å². The summed E-state index contributed by atoms with van der Waals surface area (Å²) in [7, 11) is -10.7. The zero-order chi connectivity index (χ0) is 112. The zero-order valence-electron chi connectivity index (χ0n) is 88.8. The number of aryl methyl sites for hydroxylation is 5. The van der Waals surface area contributed by atoms with Gasteiger partial charge in [-0.15, -0.1) is 56.7 Å². The van der Waals surface area contributed by atoms with Crippen molar-refractivity contribution in [3.63, 3.8) is 0 Å². The summed E-state index contributed by atoms with van der Waals surface area (Å²) in [5, 5.41) is 137. The molecule has 23 atom stereocenters. The van der Waals surface area contributed by atoms with Gasteiger partial charge >= 0.3 is 5.97 Å². The molecule has 13 N–H and O–H groups in total. The Bertz CT molecular complexity index is 5910. The first-order valence-corrected chi connectivity index (χ1v) is 76.8. The van der Waals surface area contributed by atoms with Crippen LogP contribution in [0.15, 0.2) is 166 Å². The molecular formula is C105H147Br2Cl5O26S5Si6. The van der Waals surface area contributed by atoms with Gasteiger partial charge in [0.2, 0.25) is 11.6 Å². The number of methoxy groups -OCH3 is 1. The molecule has 0 amide bonds. The molecule has 6 unspecified atom stereocenters. The molecule has 0 spiro atoms. The minimum absolute atomic E-state index is 0.257. The minimum Gasteiger partial charge on any atom is -0.458 e. The van der Waals surface area contributed by atoms with E-state index in [9.17, 15) is 76.0 Å². The molecule has 5 aromatic carbocycles. The summed E-state index contributed by atoms with van der Waals surface area (Å²) in [6.07, 6.45) is -16.9. The molecule has 0 aliphatic carbocycles. The lowest BCUT2D eigenvalue weighted by atomic mass is 9.85. The average molecular weight is 2490 g/mol. The largest absolute Gasteiger partial charge is 0.458 e. The number of halogens is 7. The van der Waals surface area contributed by atoms with Crippen molar-refractivity contribution in [2.24, 2.45) is 0 Å². The van der Waals surface area contributed by atoms with Crippen LogP contribution in [0.25, 0.3) is 0 Å². The van der Waals surface area contributed by atoms with Crippen LogP contribution in [0.5, 0.6) is 0 Å². The molecule has 14 rings (SSSR count). The highest BCUT2D eigenvalue weighted by Crippen LogP contribution is 2.49. The van der Waals surface area contributed by atoms with E-state index >= 15 is 0 Å². The monoisotopic (exact) mass is 2480 g/mol. The fourth-order valence-corrected chi connectivity index (χ4v) is 28.8. The lowest BCUT2D eigenvalue weighted by molar-refractivity contribution is -0.366. The number of carbonyl (C=O) groups excluding carboxylic acids is 2. The van der Waals surface area contributed by atoms with Crippen molar-refractivity contribution in [1.29, 1.82) is 0 Å². The standard InChI is InChI=1S/C28H47ClO6SSi3.C19H23ClO7S.C18H21ClO6S.C16H36O5Si3.C12H10BrClOS.C8H7BrO.C4H3ClS/c1-12-21-25(33-37(3,4)5)26(34-38(6,7)8)27(35-39(9,10)11)28(31,32-21)19-14-13-18(2)20(17-19)24(30)22-15-16-23(29)36-22;1-9-3-4-10(7-11(9)15(22)13-5-6-14(20)28-13)19(26-2)18(25)17(24)16(23)12(8-21)27-19;1-8-2-3-9(6-10(8)14(21)12-4-5-13(19)26-12)18-17(24)16(23)15(22)11(7-20)25-18;1-11-12-13(19-22(2,3)4)14(20-23(5,6)7)15(16(17)18-12)21-24(8,9)10;1-7-2-3-8(13)6-9(7)12(15)10-4-5-11(14)16-10;1-6-2-3-8(9)4-7(6)5-10;5-4-2-1-3-6-4/h13-17,21,24-27,30-31H,12H2,1-11H3;3-7,12,15-18,21-25H,8H2,1-2H3;2-6,11,14-18,20-24H,7H2,1H3;12-15H,11H2,1-10H3;2-6,12,15H,1H3;2-5H,1H3;1-3H/t21-,24?,25-,26+,27-,28?;12-,15?,16-,17+,18-,19?;11-,14?,15-,16+,17-,18+;12-,13-,14+,15-;;;/m1111.../s1. The number of hydrogen-bond donors (Lipinski definition) is 13. The molecule has 0 radical (unpaired) electrons. The second-order valence-electron chi connectivity index (χ2n) is 42.6. The van der Waals surface area contributed by atoms with Crippen LogP contribution in [0.4, 0.5) is 0 Å². The number of aldehydes is 1. The lowest BCUT2D eigenvalue weighted by Crippen LogP contribution is -2.68. The highest BCUT2D eigenvalue weighted by atomic mass is 79.9. The summed E-state index contributed by atoms with van der Waals surface area (Å²) in [4.78, 5) is 25.9. The third-order valence-corrected chi connectivity index (χ3v) is 36.8. The van der Waals surface area contributed by atoms with Crippen LogP contribution < -0.4 is 0 Å². The van der Waals surface area contributed by atoms with Crippen molar-refractivity contribution in [2.75, 3.05) is 20.3 Å². The average Bonchev–Trinajstić information content (AvgIpc) is 1.25. The molecule has 4 saturated heterocycles. The van der Waals surface area contributed by atoms with Gasteiger partial charge in [0.05, 0.1) is 47.1 Å². The Labute approximate surface area is 944 Å². The van der Waals surface area contributed by atoms with Gasteiger partial charge in [-0.2, -0.15) is 0 Å². The van der Waals surface area contributed by atoms with Gasteiger partial charge in [-0.3, -0.25) is 4.79 Å². The number of aliphatic hydroxyl groups excluding tert-OH is 12. The molecule has 826 valence electrons. The van der Waals surface area contributed by atoms with Crippen molar-refractivity contribution in [1.82, 2.24) is 0 Å². The van der Waals surface area contributed by atoms with Crippen LogP contribution in [0.1, 0.15) is 154 Å². The molecule has 4 aliphatic heterocycles. The molecular weight excluding hydrogens is 2340 g/mol. The van der Waals surface area contributed by atoms with Crippen LogP contribution in [-0.2, 0) is 66.6 Å². The van der Waals surface area contributed by atoms with Crippen LogP contribution >= 0.6 is 147 Å². The quantitative estimate of drug-likeness (QED) is 0.0118. The molecule has 149 heavy (non-hydrogen) atoms. The fourth-order valence-electron chi connectivity index (χ4n) is 16.7. The molecule has 26 nitrogen and oxygen atoms in total. The highest BCUT2D eigenvalue weighted by Gasteiger charge is 2.60. The van der Waals surface area contributed by atoms with Gasteiger partial charge in [-0.1, -0.05) is 152 Å². The molecule has 10 aromatic rings. The molecule has 0 saturated carbocycles. The Hall–Kier alpha value is -3.47. The van der Waals surface area contributed by atoms with Crippen molar-refractivity contribution in [3.05, 3.63) is 279 Å². The first-order valence-electron chi connectivity index (χ1n) is 48.7. The van der Waals surface area contributed by atoms with Crippen molar-refractivity contribution < 1.29 is 126 Å². The van der Waals surface area contributed by atoms with Crippen LogP contribution in [-0.4, -0.2) is 247 Å². The van der Waals surface area contributed by atoms with E-state index in [-0.39, 0.29) is 30.4 Å². The van der Waals surface area contributed by atoms with E-state index in [0.29, 0.717) is 73.3 Å². The molecule has 0 bridgehead atoms. The summed E-state index contributed by atoms with van der Waals surface area (Å²) in [5.41, 5.74) is 9.52. The Morgan fingerprint density at radius 2 is 0.799 bits per heavy atom. The predicted molar refractivity (Wildman–Crippen MR) is 620 cm³/mol. The van der Waals surface area contributed by atoms with E-state index in [1.54, 1.807) is 84.1 Å². The SMILES string of the molecule is CC[C@H]1OC(=O)[C@H](O[Si](C)(C)C)[C@@H](O[Si](C)(C)C)[C@@H]1O[Si](C)(C)C.CC[C@H]1OC(O)(c2ccc(C)c(C(O)c3ccc(Cl)s3)c2)[C@H](O[Si](C)(C)C)[C@@H](O[Si](C)(C)C)[C@@H]1O[Si](C)(C)C.COC1(c2ccc(C)c(C(O)c3ccc(Cl)s3)c2)O[C@H](CO)[C@@H](O)[C@H](O)[C@H]1O.Cc1ccc(Br)cc1C(O)c1ccc(Cl)s1.Cc1ccc(Br)cc1C=O.Cc1ccc([C@@H]2O[C@H](CO)[C@@H](O)[C@H](O)[C@H]2O)cc1C(O)c1ccc(Cl)s1.Clc1cccs1. The maximum absolute atomic E-state index is 12.6. The summed E-state index contributed by atoms with van der Waals surface area (Å²) in [6, 6.07) is 45.3. The smallest absolute Gasteiger partial charge is 0.337 e. The van der Waals surface area contributed by atoms with Crippen LogP contribution in [0, 0.1) is 34.6 Å². The Morgan fingerprint density at radius 3 is 1.18 bits per heavy atom. The second kappa shape index (κ2) is 56.5. The van der Waals surface area contributed by atoms with Gasteiger partial charge in [0, 0.05) is 52.3 Å². The number of thiophene rings is 5. The van der Waals surface area contributed by atoms with E-state index < -0.39 is 178 Å². The number of aliphatic hydroxyl groups is 13. The van der Waals surface area contributed by atoms with Crippen molar-refractivity contribution in [2.45, 2.75) is 319 Å². The van der Waals surface area contributed by atoms with Gasteiger partial charge in [0.1, 0.15) is 116 Å². The van der Waals surface area contributed by atoms with Gasteiger partial charge in [0.15, 0.2) is 56.0 Å². The van der Waals surface area contributed by atoms with E-state index in [2.05, 4.69) is 150 Å². The minimum atomic E-state index is -2.21. The van der Waals surface area contributed by atoms with Crippen LogP contribution in [0.3, 0.4) is 0 Å². The summed E-state index contributed by atoms with van der Waals surface area (Å²) >= 11 is 42.9. The number of ether oxygens (including phenoxy) is 5. The number of rotatable bonds is 29.